The fraction of sp³-hybridized carbons (Fsp3) is 0.909. The number of rotatable bonds is 1. The molecule has 5 heteroatoms. The number of carbonyl (C=O) groups is 1. The first-order valence-electron chi connectivity index (χ1n) is 5.64. The number of amides is 1. The summed E-state index contributed by atoms with van der Waals surface area (Å²) in [5, 5.41) is 0. The van der Waals surface area contributed by atoms with E-state index in [1.807, 2.05) is 20.8 Å². The number of halogens is 1. The van der Waals surface area contributed by atoms with E-state index >= 15 is 0 Å². The maximum atomic E-state index is 11.8. The van der Waals surface area contributed by atoms with Crippen LogP contribution in [0.2, 0.25) is 0 Å². The van der Waals surface area contributed by atoms with E-state index in [9.17, 15) is 4.79 Å². The van der Waals surface area contributed by atoms with Crippen molar-refractivity contribution in [1.82, 2.24) is 4.90 Å². The van der Waals surface area contributed by atoms with Gasteiger partial charge in [-0.15, -0.1) is 12.4 Å². The maximum Gasteiger partial charge on any atom is 0.410 e. The quantitative estimate of drug-likeness (QED) is 0.776. The zero-order valence-corrected chi connectivity index (χ0v) is 11.2. The van der Waals surface area contributed by atoms with Crippen LogP contribution < -0.4 is 5.73 Å². The summed E-state index contributed by atoms with van der Waals surface area (Å²) in [6.45, 7) is 6.95. The Bertz CT molecular complexity index is 229. The predicted molar refractivity (Wildman–Crippen MR) is 66.9 cm³/mol. The molecule has 96 valence electrons. The molecule has 0 aromatic heterocycles. The summed E-state index contributed by atoms with van der Waals surface area (Å²) in [5.74, 6) is 0. The smallest absolute Gasteiger partial charge is 0.410 e. The fourth-order valence-corrected chi connectivity index (χ4v) is 1.81. The van der Waals surface area contributed by atoms with Gasteiger partial charge in [-0.2, -0.15) is 0 Å². The second-order valence-corrected chi connectivity index (χ2v) is 5.06. The van der Waals surface area contributed by atoms with E-state index in [0.29, 0.717) is 6.54 Å². The molecule has 0 bridgehead atoms. The number of piperidine rings is 1. The van der Waals surface area contributed by atoms with Crippen LogP contribution in [0, 0.1) is 0 Å². The molecule has 1 aliphatic rings. The number of likely N-dealkylation sites (tertiary alicyclic amines) is 1. The highest BCUT2D eigenvalue weighted by Gasteiger charge is 2.29. The van der Waals surface area contributed by atoms with Crippen molar-refractivity contribution in [2.45, 2.75) is 51.7 Å². The zero-order chi connectivity index (χ0) is 11.5. The first kappa shape index (κ1) is 15.5. The van der Waals surface area contributed by atoms with Crippen molar-refractivity contribution < 1.29 is 9.53 Å². The summed E-state index contributed by atoms with van der Waals surface area (Å²) < 4.78 is 5.34. The van der Waals surface area contributed by atoms with Gasteiger partial charge < -0.3 is 15.4 Å². The second-order valence-electron chi connectivity index (χ2n) is 5.06. The Balaban J connectivity index is 0.00000225. The molecule has 0 aromatic rings. The molecule has 0 radical (unpaired) electrons. The molecule has 1 amide bonds. The summed E-state index contributed by atoms with van der Waals surface area (Å²) in [4.78, 5) is 13.6. The highest BCUT2D eigenvalue weighted by atomic mass is 35.5. The molecule has 1 atom stereocenters. The van der Waals surface area contributed by atoms with Gasteiger partial charge >= 0.3 is 6.09 Å². The van der Waals surface area contributed by atoms with Gasteiger partial charge in [-0.05, 0) is 40.0 Å². The molecular formula is C11H23ClN2O2. The minimum absolute atomic E-state index is 0. The number of hydrogen-bond donors (Lipinski definition) is 1. The summed E-state index contributed by atoms with van der Waals surface area (Å²) in [6, 6.07) is 0.161. The molecule has 0 aromatic carbocycles. The molecule has 1 aliphatic heterocycles. The molecule has 2 N–H and O–H groups in total. The van der Waals surface area contributed by atoms with Gasteiger partial charge in [0.05, 0.1) is 0 Å². The molecule has 0 saturated carbocycles. The van der Waals surface area contributed by atoms with E-state index in [0.717, 1.165) is 25.8 Å². The first-order chi connectivity index (χ1) is 6.94. The van der Waals surface area contributed by atoms with Crippen molar-refractivity contribution in [3.05, 3.63) is 0 Å². The van der Waals surface area contributed by atoms with Crippen LogP contribution in [-0.2, 0) is 4.74 Å². The van der Waals surface area contributed by atoms with Crippen LogP contribution in [0.5, 0.6) is 0 Å². The van der Waals surface area contributed by atoms with Crippen molar-refractivity contribution in [2.75, 3.05) is 13.1 Å². The van der Waals surface area contributed by atoms with Crippen molar-refractivity contribution in [2.24, 2.45) is 5.73 Å². The van der Waals surface area contributed by atoms with Crippen LogP contribution in [0.15, 0.2) is 0 Å². The van der Waals surface area contributed by atoms with Crippen LogP contribution >= 0.6 is 12.4 Å². The number of nitrogens with two attached hydrogens (primary N) is 1. The van der Waals surface area contributed by atoms with Crippen LogP contribution in [0.4, 0.5) is 4.79 Å². The lowest BCUT2D eigenvalue weighted by atomic mass is 10.0. The Labute approximate surface area is 104 Å². The Hall–Kier alpha value is -0.480. The fourth-order valence-electron chi connectivity index (χ4n) is 1.81. The summed E-state index contributed by atoms with van der Waals surface area (Å²) in [5.41, 5.74) is 5.22. The molecule has 0 spiro atoms. The highest BCUT2D eigenvalue weighted by molar-refractivity contribution is 5.85. The minimum atomic E-state index is -0.423. The standard InChI is InChI=1S/C11H22N2O2.ClH/c1-11(2,3)15-10(14)13-7-5-4-6-9(13)8-12;/h9H,4-8,12H2,1-3H3;1H/t9-;/m1./s1. The van der Waals surface area contributed by atoms with Crippen molar-refractivity contribution >= 4 is 18.5 Å². The zero-order valence-electron chi connectivity index (χ0n) is 10.4. The molecule has 1 fully saturated rings. The first-order valence-corrected chi connectivity index (χ1v) is 5.64. The lowest BCUT2D eigenvalue weighted by Gasteiger charge is -2.36. The van der Waals surface area contributed by atoms with Gasteiger partial charge in [0, 0.05) is 19.1 Å². The van der Waals surface area contributed by atoms with Crippen LogP contribution in [0.1, 0.15) is 40.0 Å². The van der Waals surface area contributed by atoms with Gasteiger partial charge in [0.1, 0.15) is 5.60 Å². The minimum Gasteiger partial charge on any atom is -0.444 e. The Kier molecular flexibility index (Phi) is 6.11. The number of nitrogens with zero attached hydrogens (tertiary/aromatic N) is 1. The predicted octanol–water partition coefficient (Wildman–Crippen LogP) is 2.16. The summed E-state index contributed by atoms with van der Waals surface area (Å²) in [6.07, 6.45) is 2.98. The van der Waals surface area contributed by atoms with E-state index in [-0.39, 0.29) is 24.5 Å². The molecule has 16 heavy (non-hydrogen) atoms. The third kappa shape index (κ3) is 4.58. The number of ether oxygens (including phenoxy) is 1. The third-order valence-corrected chi connectivity index (χ3v) is 2.53. The molecule has 1 saturated heterocycles. The average Bonchev–Trinajstić information content (AvgIpc) is 2.15. The Morgan fingerprint density at radius 1 is 1.44 bits per heavy atom. The van der Waals surface area contributed by atoms with Crippen molar-refractivity contribution in [1.29, 1.82) is 0 Å². The van der Waals surface area contributed by atoms with Gasteiger partial charge in [-0.3, -0.25) is 0 Å². The Morgan fingerprint density at radius 3 is 2.56 bits per heavy atom. The topological polar surface area (TPSA) is 55.6 Å². The summed E-state index contributed by atoms with van der Waals surface area (Å²) in [7, 11) is 0. The van der Waals surface area contributed by atoms with Gasteiger partial charge in [0.25, 0.3) is 0 Å². The SMILES string of the molecule is CC(C)(C)OC(=O)N1CCCC[C@@H]1CN.Cl. The molecular weight excluding hydrogens is 228 g/mol. The van der Waals surface area contributed by atoms with Gasteiger partial charge in [-0.25, -0.2) is 4.79 Å². The van der Waals surface area contributed by atoms with Gasteiger partial charge in [-0.1, -0.05) is 0 Å². The summed E-state index contributed by atoms with van der Waals surface area (Å²) >= 11 is 0. The van der Waals surface area contributed by atoms with Gasteiger partial charge in [0.2, 0.25) is 0 Å². The average molecular weight is 251 g/mol. The molecule has 0 unspecified atom stereocenters. The molecule has 1 rings (SSSR count). The van der Waals surface area contributed by atoms with Crippen molar-refractivity contribution in [3.63, 3.8) is 0 Å². The number of hydrogen-bond acceptors (Lipinski definition) is 3. The van der Waals surface area contributed by atoms with Gasteiger partial charge in [0.15, 0.2) is 0 Å². The van der Waals surface area contributed by atoms with E-state index in [1.54, 1.807) is 4.90 Å². The lowest BCUT2D eigenvalue weighted by molar-refractivity contribution is 0.0109. The molecule has 0 aliphatic carbocycles. The Morgan fingerprint density at radius 2 is 2.06 bits per heavy atom. The van der Waals surface area contributed by atoms with Crippen LogP contribution in [-0.4, -0.2) is 35.7 Å². The van der Waals surface area contributed by atoms with E-state index in [2.05, 4.69) is 0 Å². The largest absolute Gasteiger partial charge is 0.444 e. The van der Waals surface area contributed by atoms with E-state index in [1.165, 1.54) is 0 Å². The lowest BCUT2D eigenvalue weighted by Crippen LogP contribution is -2.49. The molecule has 4 nitrogen and oxygen atoms in total. The highest BCUT2D eigenvalue weighted by Crippen LogP contribution is 2.19. The normalized spacial score (nSPS) is 21.2. The van der Waals surface area contributed by atoms with Crippen LogP contribution in [0.3, 0.4) is 0 Å². The van der Waals surface area contributed by atoms with E-state index in [4.69, 9.17) is 10.5 Å². The van der Waals surface area contributed by atoms with E-state index < -0.39 is 5.60 Å². The second kappa shape index (κ2) is 6.30. The third-order valence-electron chi connectivity index (χ3n) is 2.53. The van der Waals surface area contributed by atoms with Crippen molar-refractivity contribution in [3.8, 4) is 0 Å². The number of carbonyl (C=O) groups excluding carboxylic acids is 1. The maximum absolute atomic E-state index is 11.8. The van der Waals surface area contributed by atoms with Crippen LogP contribution in [0.25, 0.3) is 0 Å². The monoisotopic (exact) mass is 250 g/mol. The molecule has 1 heterocycles.